The molecule has 1 aromatic carbocycles. The van der Waals surface area contributed by atoms with E-state index in [1.807, 2.05) is 0 Å². The van der Waals surface area contributed by atoms with Gasteiger partial charge in [-0.05, 0) is 30.2 Å². The van der Waals surface area contributed by atoms with Gasteiger partial charge in [-0.1, -0.05) is 51.2 Å². The highest BCUT2D eigenvalue weighted by molar-refractivity contribution is 5.85. The molecule has 0 spiro atoms. The number of carbonyl (C=O) groups is 3. The Bertz CT molecular complexity index is 623. The largest absolute Gasteiger partial charge is 0.497 e. The van der Waals surface area contributed by atoms with E-state index in [0.717, 1.165) is 30.2 Å². The van der Waals surface area contributed by atoms with Crippen molar-refractivity contribution in [1.82, 2.24) is 0 Å². The van der Waals surface area contributed by atoms with E-state index in [1.165, 1.54) is 38.9 Å². The number of rotatable bonds is 13. The van der Waals surface area contributed by atoms with Gasteiger partial charge in [-0.15, -0.1) is 0 Å². The van der Waals surface area contributed by atoms with Crippen molar-refractivity contribution in [3.8, 4) is 5.75 Å². The van der Waals surface area contributed by atoms with E-state index < -0.39 is 17.9 Å². The van der Waals surface area contributed by atoms with Crippen LogP contribution in [0.4, 0.5) is 0 Å². The Labute approximate surface area is 184 Å². The van der Waals surface area contributed by atoms with Crippen LogP contribution < -0.4 is 4.74 Å². The second-order valence-corrected chi connectivity index (χ2v) is 6.49. The minimum absolute atomic E-state index is 0.0938. The highest BCUT2D eigenvalue weighted by atomic mass is 16.5. The van der Waals surface area contributed by atoms with Crippen LogP contribution in [0.5, 0.6) is 5.75 Å². The van der Waals surface area contributed by atoms with Gasteiger partial charge in [-0.25, -0.2) is 4.79 Å². The van der Waals surface area contributed by atoms with Crippen LogP contribution in [0.15, 0.2) is 30.3 Å². The highest BCUT2D eigenvalue weighted by Gasteiger charge is 1.95. The number of unbranched alkanes of at least 4 members (excludes halogenated alkanes) is 5. The number of aliphatic carboxylic acids is 3. The van der Waals surface area contributed by atoms with E-state index in [9.17, 15) is 14.4 Å². The zero-order valence-electron chi connectivity index (χ0n) is 18.7. The van der Waals surface area contributed by atoms with Crippen LogP contribution in [-0.4, -0.2) is 54.1 Å². The average Bonchev–Trinajstić information content (AvgIpc) is 2.74. The summed E-state index contributed by atoms with van der Waals surface area (Å²) < 4.78 is 9.43. The lowest BCUT2D eigenvalue weighted by Gasteiger charge is -1.98. The van der Waals surface area contributed by atoms with Crippen molar-refractivity contribution in [1.29, 1.82) is 0 Å². The van der Waals surface area contributed by atoms with Crippen LogP contribution in [0, 0.1) is 0 Å². The van der Waals surface area contributed by atoms with Crippen LogP contribution >= 0.6 is 0 Å². The molecule has 1 aromatic rings. The fourth-order valence-electron chi connectivity index (χ4n) is 2.13. The van der Waals surface area contributed by atoms with Gasteiger partial charge in [0.15, 0.2) is 0 Å². The van der Waals surface area contributed by atoms with E-state index in [0.29, 0.717) is 13.0 Å². The van der Waals surface area contributed by atoms with E-state index in [4.69, 9.17) is 20.1 Å². The van der Waals surface area contributed by atoms with Gasteiger partial charge in [0.2, 0.25) is 0 Å². The molecule has 0 radical (unpaired) electrons. The molecule has 0 saturated heterocycles. The first-order valence-corrected chi connectivity index (χ1v) is 10.2. The third-order valence-electron chi connectivity index (χ3n) is 3.80. The monoisotopic (exact) mass is 440 g/mol. The molecule has 3 N–H and O–H groups in total. The summed E-state index contributed by atoms with van der Waals surface area (Å²) >= 11 is 0. The number of carboxylic acid groups (broad SMARTS) is 3. The van der Waals surface area contributed by atoms with Crippen molar-refractivity contribution in [3.63, 3.8) is 0 Å². The van der Waals surface area contributed by atoms with Gasteiger partial charge >= 0.3 is 17.9 Å². The van der Waals surface area contributed by atoms with Gasteiger partial charge in [-0.2, -0.15) is 0 Å². The molecule has 8 nitrogen and oxygen atoms in total. The molecular formula is C23H36O8. The van der Waals surface area contributed by atoms with Crippen LogP contribution in [0.2, 0.25) is 0 Å². The summed E-state index contributed by atoms with van der Waals surface area (Å²) in [6.07, 6.45) is 9.97. The molecule has 0 bridgehead atoms. The third-order valence-corrected chi connectivity index (χ3v) is 3.80. The summed E-state index contributed by atoms with van der Waals surface area (Å²) in [6.45, 7) is 2.48. The molecule has 0 aliphatic rings. The highest BCUT2D eigenvalue weighted by Crippen LogP contribution is 2.12. The molecule has 0 fully saturated rings. The van der Waals surface area contributed by atoms with Crippen LogP contribution in [-0.2, 0) is 19.1 Å². The standard InChI is InChI=1S/C10H10O3.C9H18O2.C4H8O3/c1-13-9-5-2-8(3-6-9)4-7-10(11)12;1-2-3-4-5-6-7-8-9(10)11;1-7-3-2-4(5)6/h2-7H,1H3,(H,11,12);2-8H2,1H3,(H,10,11);2-3H2,1H3,(H,5,6). The van der Waals surface area contributed by atoms with Crippen molar-refractivity contribution in [3.05, 3.63) is 35.9 Å². The SMILES string of the molecule is CCCCCCCCC(=O)O.COCCC(=O)O.COc1ccc(C=CC(=O)O)cc1. The lowest BCUT2D eigenvalue weighted by atomic mass is 10.1. The first-order chi connectivity index (χ1) is 14.8. The fourth-order valence-corrected chi connectivity index (χ4v) is 2.13. The third kappa shape index (κ3) is 25.1. The summed E-state index contributed by atoms with van der Waals surface area (Å²) in [5.74, 6) is -1.68. The summed E-state index contributed by atoms with van der Waals surface area (Å²) in [6, 6.07) is 7.14. The molecule has 31 heavy (non-hydrogen) atoms. The predicted molar refractivity (Wildman–Crippen MR) is 119 cm³/mol. The lowest BCUT2D eigenvalue weighted by Crippen LogP contribution is -1.99. The Morgan fingerprint density at radius 1 is 0.839 bits per heavy atom. The maximum absolute atomic E-state index is 10.2. The summed E-state index contributed by atoms with van der Waals surface area (Å²) in [5.41, 5.74) is 0.836. The number of benzene rings is 1. The first-order valence-electron chi connectivity index (χ1n) is 10.2. The van der Waals surface area contributed by atoms with Crippen LogP contribution in [0.25, 0.3) is 6.08 Å². The maximum atomic E-state index is 10.2. The second-order valence-electron chi connectivity index (χ2n) is 6.49. The Morgan fingerprint density at radius 2 is 1.39 bits per heavy atom. The maximum Gasteiger partial charge on any atom is 0.328 e. The number of hydrogen-bond acceptors (Lipinski definition) is 5. The molecule has 0 amide bonds. The molecule has 176 valence electrons. The van der Waals surface area contributed by atoms with Crippen molar-refractivity contribution in [2.24, 2.45) is 0 Å². The minimum atomic E-state index is -0.948. The molecule has 0 heterocycles. The van der Waals surface area contributed by atoms with Crippen molar-refractivity contribution >= 4 is 24.0 Å². The molecule has 0 saturated carbocycles. The van der Waals surface area contributed by atoms with Gasteiger partial charge in [0.1, 0.15) is 5.75 Å². The lowest BCUT2D eigenvalue weighted by molar-refractivity contribution is -0.138. The molecule has 8 heteroatoms. The molecule has 0 aliphatic heterocycles. The quantitative estimate of drug-likeness (QED) is 0.297. The molecule has 0 aromatic heterocycles. The smallest absolute Gasteiger partial charge is 0.328 e. The zero-order valence-corrected chi connectivity index (χ0v) is 18.7. The molecular weight excluding hydrogens is 404 g/mol. The van der Waals surface area contributed by atoms with Gasteiger partial charge < -0.3 is 24.8 Å². The Kier molecular flexibility index (Phi) is 21.4. The van der Waals surface area contributed by atoms with Crippen molar-refractivity contribution < 1.29 is 39.2 Å². The van der Waals surface area contributed by atoms with Crippen molar-refractivity contribution in [2.45, 2.75) is 58.3 Å². The molecule has 0 atom stereocenters. The summed E-state index contributed by atoms with van der Waals surface area (Å²) in [5, 5.41) is 24.6. The van der Waals surface area contributed by atoms with E-state index in [2.05, 4.69) is 11.7 Å². The van der Waals surface area contributed by atoms with E-state index in [-0.39, 0.29) is 6.42 Å². The summed E-state index contributed by atoms with van der Waals surface area (Å²) in [4.78, 5) is 30.0. The van der Waals surface area contributed by atoms with Crippen LogP contribution in [0.1, 0.15) is 63.9 Å². The summed E-state index contributed by atoms with van der Waals surface area (Å²) in [7, 11) is 3.06. The van der Waals surface area contributed by atoms with Crippen LogP contribution in [0.3, 0.4) is 0 Å². The minimum Gasteiger partial charge on any atom is -0.497 e. The normalized spacial score (nSPS) is 9.77. The number of ether oxygens (including phenoxy) is 2. The zero-order chi connectivity index (χ0) is 23.9. The van der Waals surface area contributed by atoms with Gasteiger partial charge in [0.05, 0.1) is 20.1 Å². The van der Waals surface area contributed by atoms with Crippen molar-refractivity contribution in [2.75, 3.05) is 20.8 Å². The van der Waals surface area contributed by atoms with Gasteiger partial charge in [0, 0.05) is 19.6 Å². The first kappa shape index (κ1) is 30.3. The fraction of sp³-hybridized carbons (Fsp3) is 0.522. The Balaban J connectivity index is 0. The van der Waals surface area contributed by atoms with E-state index in [1.54, 1.807) is 31.4 Å². The van der Waals surface area contributed by atoms with E-state index >= 15 is 0 Å². The second kappa shape index (κ2) is 21.8. The Hall–Kier alpha value is -2.87. The number of hydrogen-bond donors (Lipinski definition) is 3. The molecule has 1 rings (SSSR count). The topological polar surface area (TPSA) is 130 Å². The Morgan fingerprint density at radius 3 is 1.81 bits per heavy atom. The molecule has 0 aliphatic carbocycles. The number of methoxy groups -OCH3 is 2. The molecule has 0 unspecified atom stereocenters. The van der Waals surface area contributed by atoms with Gasteiger partial charge in [0.25, 0.3) is 0 Å². The predicted octanol–water partition coefficient (Wildman–Crippen LogP) is 4.72. The average molecular weight is 441 g/mol. The number of carboxylic acids is 3. The van der Waals surface area contributed by atoms with Gasteiger partial charge in [-0.3, -0.25) is 9.59 Å².